The van der Waals surface area contributed by atoms with E-state index in [1.54, 1.807) is 0 Å². The number of nitrogens with one attached hydrogen (secondary N) is 2. The molecule has 2 N–H and O–H groups in total. The quantitative estimate of drug-likeness (QED) is 0.516. The highest BCUT2D eigenvalue weighted by Gasteiger charge is 2.37. The minimum Gasteiger partial charge on any atom is -0.377 e. The maximum absolute atomic E-state index is 3.92. The Morgan fingerprint density at radius 3 is 2.57 bits per heavy atom. The molecule has 0 fully saturated rings. The molecule has 0 bridgehead atoms. The second-order valence-corrected chi connectivity index (χ2v) is 10.1. The van der Waals surface area contributed by atoms with Crippen LogP contribution in [0.2, 0.25) is 0 Å². The van der Waals surface area contributed by atoms with Crippen LogP contribution in [0.5, 0.6) is 0 Å². The zero-order chi connectivity index (χ0) is 23.8. The van der Waals surface area contributed by atoms with Gasteiger partial charge in [-0.1, -0.05) is 103 Å². The van der Waals surface area contributed by atoms with Crippen molar-refractivity contribution in [3.05, 3.63) is 148 Å². The van der Waals surface area contributed by atoms with Crippen molar-refractivity contribution < 1.29 is 0 Å². The van der Waals surface area contributed by atoms with Gasteiger partial charge in [-0.05, 0) is 66.7 Å². The number of hydrogen-bond donors (Lipinski definition) is 2. The molecule has 2 unspecified atom stereocenters. The van der Waals surface area contributed by atoms with Crippen LogP contribution in [0.3, 0.4) is 0 Å². The lowest BCUT2D eigenvalue weighted by Gasteiger charge is -2.26. The van der Waals surface area contributed by atoms with E-state index < -0.39 is 0 Å². The Balaban J connectivity index is 1.39. The Morgan fingerprint density at radius 1 is 0.971 bits per heavy atom. The van der Waals surface area contributed by atoms with Crippen molar-refractivity contribution in [3.63, 3.8) is 0 Å². The Hall–Kier alpha value is -3.78. The van der Waals surface area contributed by atoms with Crippen LogP contribution in [0.15, 0.2) is 132 Å². The van der Waals surface area contributed by atoms with Crippen LogP contribution in [-0.4, -0.2) is 6.04 Å². The van der Waals surface area contributed by atoms with Gasteiger partial charge < -0.3 is 10.6 Å². The zero-order valence-electron chi connectivity index (χ0n) is 20.5. The first-order valence-electron chi connectivity index (χ1n) is 12.7. The molecule has 2 heteroatoms. The SMILES string of the molecule is Cc1ccc(C2=C3C=CC=CC3C(/C=C3\N[C@@](C)(c4ccccc4)C=C3C3=CC=CCC3)N2)cc1. The van der Waals surface area contributed by atoms with Crippen LogP contribution in [-0.2, 0) is 5.54 Å². The summed E-state index contributed by atoms with van der Waals surface area (Å²) in [5.41, 5.74) is 10.2. The van der Waals surface area contributed by atoms with Crippen LogP contribution in [0, 0.1) is 12.8 Å². The predicted octanol–water partition coefficient (Wildman–Crippen LogP) is 7.03. The van der Waals surface area contributed by atoms with Crippen molar-refractivity contribution in [2.45, 2.75) is 38.3 Å². The maximum atomic E-state index is 3.92. The molecule has 0 saturated carbocycles. The molecule has 3 atom stereocenters. The highest BCUT2D eigenvalue weighted by molar-refractivity contribution is 5.75. The van der Waals surface area contributed by atoms with Gasteiger partial charge in [0.05, 0.1) is 11.6 Å². The van der Waals surface area contributed by atoms with Crippen molar-refractivity contribution in [3.8, 4) is 0 Å². The van der Waals surface area contributed by atoms with Crippen molar-refractivity contribution in [1.29, 1.82) is 0 Å². The van der Waals surface area contributed by atoms with Crippen LogP contribution < -0.4 is 10.6 Å². The zero-order valence-corrected chi connectivity index (χ0v) is 20.5. The van der Waals surface area contributed by atoms with E-state index in [1.165, 1.54) is 44.8 Å². The number of fused-ring (bicyclic) bond motifs is 1. The lowest BCUT2D eigenvalue weighted by Crippen LogP contribution is -2.34. The molecule has 6 rings (SSSR count). The summed E-state index contributed by atoms with van der Waals surface area (Å²) in [6.07, 6.45) is 22.7. The van der Waals surface area contributed by atoms with Crippen molar-refractivity contribution in [2.24, 2.45) is 5.92 Å². The standard InChI is InChI=1S/C33H32N2/c1-23-17-19-25(20-18-23)32-28-16-10-9-15-27(28)30(34-32)21-31-29(24-11-5-3-6-12-24)22-33(2,35-31)26-13-7-4-8-14-26/h3-5,7-11,13-22,27,30,34-35H,6,12H2,1-2H3/b31-21-/t27?,30?,33-/m1/s1. The van der Waals surface area contributed by atoms with Gasteiger partial charge in [0.25, 0.3) is 0 Å². The number of benzene rings is 2. The lowest BCUT2D eigenvalue weighted by molar-refractivity contribution is 0.533. The molecular formula is C33H32N2. The van der Waals surface area contributed by atoms with E-state index in [2.05, 4.69) is 134 Å². The number of rotatable bonds is 4. The number of hydrogen-bond acceptors (Lipinski definition) is 2. The summed E-state index contributed by atoms with van der Waals surface area (Å²) < 4.78 is 0. The fourth-order valence-electron chi connectivity index (χ4n) is 5.67. The predicted molar refractivity (Wildman–Crippen MR) is 146 cm³/mol. The summed E-state index contributed by atoms with van der Waals surface area (Å²) in [6.45, 7) is 4.43. The summed E-state index contributed by atoms with van der Waals surface area (Å²) in [5, 5.41) is 7.80. The molecule has 2 aliphatic carbocycles. The summed E-state index contributed by atoms with van der Waals surface area (Å²) in [6, 6.07) is 19.8. The van der Waals surface area contributed by atoms with Gasteiger partial charge in [-0.3, -0.25) is 0 Å². The fraction of sp³-hybridized carbons (Fsp3) is 0.212. The third-order valence-corrected chi connectivity index (χ3v) is 7.59. The Labute approximate surface area is 208 Å². The molecule has 0 spiro atoms. The van der Waals surface area contributed by atoms with Gasteiger partial charge in [-0.15, -0.1) is 0 Å². The second-order valence-electron chi connectivity index (χ2n) is 10.1. The minimum absolute atomic E-state index is 0.186. The number of aryl methyl sites for hydroxylation is 1. The van der Waals surface area contributed by atoms with Gasteiger partial charge in [-0.2, -0.15) is 0 Å². The van der Waals surface area contributed by atoms with Crippen molar-refractivity contribution in [2.75, 3.05) is 0 Å². The third kappa shape index (κ3) is 4.04. The van der Waals surface area contributed by atoms with E-state index in [0.29, 0.717) is 5.92 Å². The van der Waals surface area contributed by atoms with Crippen molar-refractivity contribution in [1.82, 2.24) is 10.6 Å². The molecule has 0 radical (unpaired) electrons. The van der Waals surface area contributed by atoms with Gasteiger partial charge >= 0.3 is 0 Å². The molecule has 2 nitrogen and oxygen atoms in total. The van der Waals surface area contributed by atoms with Crippen LogP contribution in [0.4, 0.5) is 0 Å². The molecule has 0 saturated heterocycles. The molecular weight excluding hydrogens is 424 g/mol. The average molecular weight is 457 g/mol. The Bertz CT molecular complexity index is 1350. The number of allylic oxidation sites excluding steroid dienone is 7. The van der Waals surface area contributed by atoms with Crippen LogP contribution in [0.1, 0.15) is 36.5 Å². The van der Waals surface area contributed by atoms with Gasteiger partial charge in [0.15, 0.2) is 0 Å². The Morgan fingerprint density at radius 2 is 1.80 bits per heavy atom. The first-order valence-corrected chi connectivity index (χ1v) is 12.7. The van der Waals surface area contributed by atoms with Gasteiger partial charge in [-0.25, -0.2) is 0 Å². The molecule has 0 amide bonds. The topological polar surface area (TPSA) is 24.1 Å². The molecule has 2 aromatic rings. The van der Waals surface area contributed by atoms with E-state index in [1.807, 2.05) is 0 Å². The molecule has 2 aromatic carbocycles. The van der Waals surface area contributed by atoms with Gasteiger partial charge in [0.2, 0.25) is 0 Å². The lowest BCUT2D eigenvalue weighted by atomic mass is 9.88. The largest absolute Gasteiger partial charge is 0.377 e. The van der Waals surface area contributed by atoms with Crippen molar-refractivity contribution >= 4 is 5.70 Å². The second kappa shape index (κ2) is 8.78. The van der Waals surface area contributed by atoms with Crippen LogP contribution in [0.25, 0.3) is 5.70 Å². The molecule has 2 heterocycles. The van der Waals surface area contributed by atoms with E-state index in [4.69, 9.17) is 0 Å². The minimum atomic E-state index is -0.235. The Kier molecular flexibility index (Phi) is 5.45. The van der Waals surface area contributed by atoms with E-state index in [9.17, 15) is 0 Å². The average Bonchev–Trinajstić information content (AvgIpc) is 3.44. The van der Waals surface area contributed by atoms with E-state index in [0.717, 1.165) is 12.8 Å². The molecule has 2 aliphatic heterocycles. The molecule has 0 aromatic heterocycles. The molecule has 174 valence electrons. The van der Waals surface area contributed by atoms with Gasteiger partial charge in [0, 0.05) is 17.3 Å². The smallest absolute Gasteiger partial charge is 0.0790 e. The van der Waals surface area contributed by atoms with Gasteiger partial charge in [0.1, 0.15) is 0 Å². The molecule has 35 heavy (non-hydrogen) atoms. The molecule has 4 aliphatic rings. The summed E-state index contributed by atoms with van der Waals surface area (Å²) in [7, 11) is 0. The normalized spacial score (nSPS) is 28.0. The monoisotopic (exact) mass is 456 g/mol. The highest BCUT2D eigenvalue weighted by atomic mass is 15.0. The third-order valence-electron chi connectivity index (χ3n) is 7.59. The van der Waals surface area contributed by atoms with Crippen LogP contribution >= 0.6 is 0 Å². The maximum Gasteiger partial charge on any atom is 0.0790 e. The summed E-state index contributed by atoms with van der Waals surface area (Å²) in [5.74, 6) is 0.315. The van der Waals surface area contributed by atoms with E-state index in [-0.39, 0.29) is 11.6 Å². The highest BCUT2D eigenvalue weighted by Crippen LogP contribution is 2.41. The summed E-state index contributed by atoms with van der Waals surface area (Å²) >= 11 is 0. The fourth-order valence-corrected chi connectivity index (χ4v) is 5.67. The first kappa shape index (κ1) is 21.7. The summed E-state index contributed by atoms with van der Waals surface area (Å²) in [4.78, 5) is 0. The first-order chi connectivity index (χ1) is 17.1. The van der Waals surface area contributed by atoms with E-state index >= 15 is 0 Å².